The first kappa shape index (κ1) is 33.9. The predicted molar refractivity (Wildman–Crippen MR) is 183 cm³/mol. The van der Waals surface area contributed by atoms with Crippen molar-refractivity contribution in [1.82, 2.24) is 24.6 Å². The second kappa shape index (κ2) is 14.6. The van der Waals surface area contributed by atoms with E-state index in [4.69, 9.17) is 19.4 Å². The Morgan fingerprint density at radius 1 is 1.04 bits per heavy atom. The minimum Gasteiger partial charge on any atom is -0.495 e. The molecule has 48 heavy (non-hydrogen) atoms. The number of likely N-dealkylation sites (tertiary alicyclic amines) is 1. The van der Waals surface area contributed by atoms with E-state index in [0.29, 0.717) is 56.4 Å². The van der Waals surface area contributed by atoms with Crippen molar-refractivity contribution in [3.8, 4) is 16.9 Å². The topological polar surface area (TPSA) is 123 Å². The fourth-order valence-electron chi connectivity index (χ4n) is 7.41. The van der Waals surface area contributed by atoms with Gasteiger partial charge in [0.15, 0.2) is 0 Å². The smallest absolute Gasteiger partial charge is 0.410 e. The molecule has 3 aliphatic rings. The van der Waals surface area contributed by atoms with Crippen LogP contribution in [-0.2, 0) is 9.53 Å². The highest BCUT2D eigenvalue weighted by atomic mass is 16.6. The first-order valence-corrected chi connectivity index (χ1v) is 17.6. The van der Waals surface area contributed by atoms with Crippen LogP contribution in [0.5, 0.6) is 5.75 Å². The number of aliphatic hydroxyl groups is 1. The average Bonchev–Trinajstić information content (AvgIpc) is 3.61. The maximum atomic E-state index is 14.4. The fourth-order valence-corrected chi connectivity index (χ4v) is 7.41. The van der Waals surface area contributed by atoms with Crippen molar-refractivity contribution in [2.24, 2.45) is 11.8 Å². The number of carbonyl (C=O) groups excluding carboxylic acids is 2. The molecule has 2 atom stereocenters. The second-order valence-corrected chi connectivity index (χ2v) is 14.2. The van der Waals surface area contributed by atoms with Gasteiger partial charge in [-0.3, -0.25) is 19.4 Å². The van der Waals surface area contributed by atoms with Gasteiger partial charge in [-0.1, -0.05) is 0 Å². The Kier molecular flexibility index (Phi) is 10.3. The minimum atomic E-state index is -0.492. The Morgan fingerprint density at radius 3 is 2.42 bits per heavy atom. The molecule has 0 aromatic carbocycles. The Balaban J connectivity index is 1.15. The molecule has 4 heterocycles. The van der Waals surface area contributed by atoms with Gasteiger partial charge in [-0.15, -0.1) is 0 Å². The maximum absolute atomic E-state index is 14.4. The fraction of sp³-hybridized carbons (Fsp3) is 0.595. The van der Waals surface area contributed by atoms with Crippen LogP contribution >= 0.6 is 0 Å². The van der Waals surface area contributed by atoms with E-state index < -0.39 is 6.10 Å². The minimum absolute atomic E-state index is 0.0939. The highest BCUT2D eigenvalue weighted by Crippen LogP contribution is 2.38. The standard InChI is InChI=1S/C37H50N6O5/c1-23(2)43-21-30(19-39-43)29-16-17-38-35(18-29)42(20-26-6-8-27(9-7-26)32-14-15-34(47-5)24(3)40-32)36(45)28-10-12-31(13-11-28)48-37(46)41-22-33(44)25(41)4/h14-19,21,23,25-28,31,33,44H,6-13,20,22H2,1-5H3/t25-,26?,27?,28?,31?,33+/m0/s1. The summed E-state index contributed by atoms with van der Waals surface area (Å²) in [6, 6.07) is 8.12. The lowest BCUT2D eigenvalue weighted by atomic mass is 9.79. The average molecular weight is 659 g/mol. The number of carbonyl (C=O) groups is 2. The molecule has 1 saturated heterocycles. The van der Waals surface area contributed by atoms with Crippen LogP contribution in [0.3, 0.4) is 0 Å². The molecule has 3 fully saturated rings. The number of β-amino-alcohol motifs (C(OH)–C–C–N with tert-alkyl or cyclic N) is 1. The number of aryl methyl sites for hydroxylation is 1. The van der Waals surface area contributed by atoms with Crippen molar-refractivity contribution in [2.75, 3.05) is 25.1 Å². The third kappa shape index (κ3) is 7.36. The van der Waals surface area contributed by atoms with E-state index in [-0.39, 0.29) is 36.1 Å². The summed E-state index contributed by atoms with van der Waals surface area (Å²) >= 11 is 0. The summed E-state index contributed by atoms with van der Waals surface area (Å²) < 4.78 is 13.1. The van der Waals surface area contributed by atoms with E-state index in [9.17, 15) is 14.7 Å². The number of aliphatic hydroxyl groups excluding tert-OH is 1. The van der Waals surface area contributed by atoms with Gasteiger partial charge < -0.3 is 19.5 Å². The van der Waals surface area contributed by atoms with Crippen molar-refractivity contribution in [1.29, 1.82) is 0 Å². The third-order valence-electron chi connectivity index (χ3n) is 10.7. The summed E-state index contributed by atoms with van der Waals surface area (Å²) in [5.41, 5.74) is 4.01. The van der Waals surface area contributed by atoms with E-state index in [1.54, 1.807) is 18.2 Å². The highest BCUT2D eigenvalue weighted by Gasteiger charge is 2.40. The summed E-state index contributed by atoms with van der Waals surface area (Å²) in [7, 11) is 1.67. The van der Waals surface area contributed by atoms with Gasteiger partial charge in [-0.2, -0.15) is 5.10 Å². The van der Waals surface area contributed by atoms with Crippen LogP contribution in [0.1, 0.15) is 95.5 Å². The van der Waals surface area contributed by atoms with Gasteiger partial charge in [0.2, 0.25) is 5.91 Å². The molecular weight excluding hydrogens is 608 g/mol. The molecule has 1 N–H and O–H groups in total. The zero-order chi connectivity index (χ0) is 33.9. The van der Waals surface area contributed by atoms with Gasteiger partial charge in [-0.25, -0.2) is 9.78 Å². The van der Waals surface area contributed by atoms with Crippen molar-refractivity contribution in [2.45, 2.75) is 109 Å². The lowest BCUT2D eigenvalue weighted by molar-refractivity contribution is -0.124. The molecule has 258 valence electrons. The molecule has 2 saturated carbocycles. The molecule has 1 aliphatic heterocycles. The summed E-state index contributed by atoms with van der Waals surface area (Å²) in [5, 5.41) is 14.3. The monoisotopic (exact) mass is 658 g/mol. The zero-order valence-corrected chi connectivity index (χ0v) is 28.9. The molecule has 0 bridgehead atoms. The predicted octanol–water partition coefficient (Wildman–Crippen LogP) is 6.31. The molecule has 6 rings (SSSR count). The van der Waals surface area contributed by atoms with Gasteiger partial charge in [-0.05, 0) is 115 Å². The Hall–Kier alpha value is -3.99. The third-order valence-corrected chi connectivity index (χ3v) is 10.7. The van der Waals surface area contributed by atoms with E-state index in [1.807, 2.05) is 54.0 Å². The van der Waals surface area contributed by atoms with Crippen molar-refractivity contribution < 1.29 is 24.2 Å². The Morgan fingerprint density at radius 2 is 1.79 bits per heavy atom. The lowest BCUT2D eigenvalue weighted by Crippen LogP contribution is -2.61. The zero-order valence-electron chi connectivity index (χ0n) is 28.9. The first-order chi connectivity index (χ1) is 23.1. The number of aromatic nitrogens is 4. The molecule has 11 nitrogen and oxygen atoms in total. The van der Waals surface area contributed by atoms with Crippen LogP contribution in [0, 0.1) is 18.8 Å². The SMILES string of the molecule is COc1ccc(C2CCC(CN(C(=O)C3CCC(OC(=O)N4C[C@@H](O)[C@@H]4C)CC3)c3cc(-c4cnn(C(C)C)c4)ccn3)CC2)nc1C. The Bertz CT molecular complexity index is 1580. The van der Waals surface area contributed by atoms with Crippen LogP contribution < -0.4 is 9.64 Å². The summed E-state index contributed by atoms with van der Waals surface area (Å²) in [6.07, 6.45) is 11.3. The Labute approximate surface area is 283 Å². The summed E-state index contributed by atoms with van der Waals surface area (Å²) in [5.74, 6) is 2.16. The number of amides is 2. The number of methoxy groups -OCH3 is 1. The number of hydrogen-bond acceptors (Lipinski definition) is 8. The summed E-state index contributed by atoms with van der Waals surface area (Å²) in [4.78, 5) is 40.1. The van der Waals surface area contributed by atoms with Crippen LogP contribution in [-0.4, -0.2) is 80.2 Å². The van der Waals surface area contributed by atoms with Crippen LogP contribution in [0.25, 0.3) is 11.1 Å². The molecule has 3 aromatic rings. The number of ether oxygens (including phenoxy) is 2. The molecule has 0 unspecified atom stereocenters. The van der Waals surface area contributed by atoms with E-state index in [1.165, 1.54) is 0 Å². The maximum Gasteiger partial charge on any atom is 0.410 e. The quantitative estimate of drug-likeness (QED) is 0.284. The van der Waals surface area contributed by atoms with Crippen LogP contribution in [0.2, 0.25) is 0 Å². The van der Waals surface area contributed by atoms with Gasteiger partial charge in [0.25, 0.3) is 0 Å². The normalized spacial score (nSPS) is 25.8. The van der Waals surface area contributed by atoms with Crippen molar-refractivity contribution in [3.05, 3.63) is 54.2 Å². The van der Waals surface area contributed by atoms with Gasteiger partial charge in [0.05, 0.1) is 37.7 Å². The van der Waals surface area contributed by atoms with Gasteiger partial charge in [0, 0.05) is 48.1 Å². The number of pyridine rings is 2. The van der Waals surface area contributed by atoms with E-state index in [0.717, 1.165) is 53.9 Å². The van der Waals surface area contributed by atoms with E-state index in [2.05, 4.69) is 25.0 Å². The number of hydrogen-bond donors (Lipinski definition) is 1. The molecule has 0 spiro atoms. The molecule has 11 heteroatoms. The summed E-state index contributed by atoms with van der Waals surface area (Å²) in [6.45, 7) is 8.94. The second-order valence-electron chi connectivity index (χ2n) is 14.2. The molecule has 0 radical (unpaired) electrons. The van der Waals surface area contributed by atoms with E-state index >= 15 is 0 Å². The van der Waals surface area contributed by atoms with Gasteiger partial charge in [0.1, 0.15) is 17.7 Å². The number of nitrogens with zero attached hydrogens (tertiary/aromatic N) is 6. The van der Waals surface area contributed by atoms with Crippen LogP contribution in [0.4, 0.5) is 10.6 Å². The molecule has 3 aromatic heterocycles. The molecule has 2 aliphatic carbocycles. The van der Waals surface area contributed by atoms with Crippen molar-refractivity contribution >= 4 is 17.8 Å². The number of anilines is 1. The van der Waals surface area contributed by atoms with Crippen molar-refractivity contribution in [3.63, 3.8) is 0 Å². The molecule has 2 amide bonds. The lowest BCUT2D eigenvalue weighted by Gasteiger charge is -2.43. The largest absolute Gasteiger partial charge is 0.495 e. The molecular formula is C37H50N6O5. The van der Waals surface area contributed by atoms with Gasteiger partial charge >= 0.3 is 6.09 Å². The highest BCUT2D eigenvalue weighted by molar-refractivity contribution is 5.94. The van der Waals surface area contributed by atoms with Crippen LogP contribution in [0.15, 0.2) is 42.9 Å². The number of rotatable bonds is 9. The first-order valence-electron chi connectivity index (χ1n) is 17.6.